The smallest absolute Gasteiger partial charge is 0.423 e. The van der Waals surface area contributed by atoms with Crippen LogP contribution in [-0.2, 0) is 5.54 Å². The molecule has 0 spiro atoms. The van der Waals surface area contributed by atoms with Crippen LogP contribution in [0.15, 0.2) is 115 Å². The molecular formula is C28H21BF2N2O2. The second-order valence-corrected chi connectivity index (χ2v) is 8.19. The lowest BCUT2D eigenvalue weighted by atomic mass is 9.76. The third-order valence-corrected chi connectivity index (χ3v) is 6.13. The van der Waals surface area contributed by atoms with E-state index in [0.29, 0.717) is 0 Å². The minimum Gasteiger partial charge on any atom is -0.423 e. The molecule has 4 aromatic carbocycles. The molecule has 2 N–H and O–H groups in total. The molecule has 0 saturated carbocycles. The molecule has 1 aromatic heterocycles. The van der Waals surface area contributed by atoms with Crippen LogP contribution in [0.5, 0.6) is 0 Å². The Morgan fingerprint density at radius 2 is 1.14 bits per heavy atom. The summed E-state index contributed by atoms with van der Waals surface area (Å²) < 4.78 is 29.4. The molecule has 5 aromatic rings. The van der Waals surface area contributed by atoms with E-state index in [4.69, 9.17) is 5.10 Å². The molecule has 0 bridgehead atoms. The van der Waals surface area contributed by atoms with Crippen LogP contribution in [-0.4, -0.2) is 26.9 Å². The summed E-state index contributed by atoms with van der Waals surface area (Å²) in [6.45, 7) is 0. The number of hydrogen-bond donors (Lipinski definition) is 2. The van der Waals surface area contributed by atoms with E-state index in [9.17, 15) is 18.8 Å². The van der Waals surface area contributed by atoms with Crippen LogP contribution in [0.25, 0.3) is 11.3 Å². The first kappa shape index (κ1) is 22.7. The normalized spacial score (nSPS) is 11.4. The van der Waals surface area contributed by atoms with E-state index in [-0.39, 0.29) is 16.7 Å². The second kappa shape index (κ2) is 9.29. The van der Waals surface area contributed by atoms with Crippen molar-refractivity contribution in [3.8, 4) is 11.3 Å². The maximum atomic E-state index is 14.1. The van der Waals surface area contributed by atoms with Crippen molar-refractivity contribution in [3.63, 3.8) is 0 Å². The Kier molecular flexibility index (Phi) is 6.03. The van der Waals surface area contributed by atoms with Gasteiger partial charge in [-0.3, -0.25) is 4.68 Å². The van der Waals surface area contributed by atoms with Gasteiger partial charge in [-0.25, -0.2) is 8.78 Å². The lowest BCUT2D eigenvalue weighted by molar-refractivity contribution is 0.425. The number of nitrogens with zero attached hydrogens (tertiary/aromatic N) is 2. The van der Waals surface area contributed by atoms with Gasteiger partial charge in [-0.05, 0) is 34.9 Å². The number of hydrogen-bond acceptors (Lipinski definition) is 3. The number of rotatable bonds is 6. The Hall–Kier alpha value is -4.07. The van der Waals surface area contributed by atoms with Crippen LogP contribution in [0.3, 0.4) is 0 Å². The minimum absolute atomic E-state index is 0.0724. The molecule has 7 heteroatoms. The van der Waals surface area contributed by atoms with Gasteiger partial charge in [0.15, 0.2) is 11.6 Å². The highest BCUT2D eigenvalue weighted by atomic mass is 19.2. The van der Waals surface area contributed by atoms with Crippen LogP contribution in [0.4, 0.5) is 8.78 Å². The Labute approximate surface area is 201 Å². The molecule has 0 radical (unpaired) electrons. The summed E-state index contributed by atoms with van der Waals surface area (Å²) >= 11 is 0. The van der Waals surface area contributed by atoms with E-state index < -0.39 is 24.3 Å². The van der Waals surface area contributed by atoms with Crippen LogP contribution in [0, 0.1) is 11.6 Å². The first-order valence-electron chi connectivity index (χ1n) is 11.1. The van der Waals surface area contributed by atoms with Gasteiger partial charge >= 0.3 is 7.12 Å². The number of benzene rings is 4. The monoisotopic (exact) mass is 466 g/mol. The molecule has 0 aliphatic rings. The van der Waals surface area contributed by atoms with Crippen molar-refractivity contribution in [1.29, 1.82) is 0 Å². The molecular weight excluding hydrogens is 445 g/mol. The maximum Gasteiger partial charge on any atom is 0.492 e. The van der Waals surface area contributed by atoms with Gasteiger partial charge in [-0.1, -0.05) is 91.0 Å². The highest BCUT2D eigenvalue weighted by Crippen LogP contribution is 2.40. The Bertz CT molecular complexity index is 1350. The largest absolute Gasteiger partial charge is 0.492 e. The maximum absolute atomic E-state index is 14.1. The van der Waals surface area contributed by atoms with Crippen molar-refractivity contribution in [1.82, 2.24) is 9.78 Å². The lowest BCUT2D eigenvalue weighted by Crippen LogP contribution is -2.39. The van der Waals surface area contributed by atoms with Gasteiger partial charge in [0, 0.05) is 17.2 Å². The summed E-state index contributed by atoms with van der Waals surface area (Å²) in [6.07, 6.45) is 1.55. The fourth-order valence-electron chi connectivity index (χ4n) is 4.55. The SMILES string of the molecule is OB(O)c1cn(C(c2ccccc2)(c2ccccc2)c2ccccc2)nc1-c1ccc(F)c(F)c1. The molecule has 0 fully saturated rings. The first-order valence-corrected chi connectivity index (χ1v) is 11.1. The molecule has 1 heterocycles. The predicted octanol–water partition coefficient (Wildman–Crippen LogP) is 4.35. The standard InChI is InChI=1S/C28H21BF2N2O2/c30-25-17-16-20(18-26(25)31)27-24(29(34)35)19-33(32-27)28(21-10-4-1-5-11-21,22-12-6-2-7-13-22)23-14-8-3-9-15-23/h1-19,34-35H. The third-order valence-electron chi connectivity index (χ3n) is 6.13. The molecule has 0 aliphatic carbocycles. The van der Waals surface area contributed by atoms with Crippen LogP contribution in [0.1, 0.15) is 16.7 Å². The van der Waals surface area contributed by atoms with Crippen LogP contribution in [0.2, 0.25) is 0 Å². The fourth-order valence-corrected chi connectivity index (χ4v) is 4.55. The van der Waals surface area contributed by atoms with Crippen molar-refractivity contribution in [2.45, 2.75) is 5.54 Å². The van der Waals surface area contributed by atoms with Gasteiger partial charge in [0.25, 0.3) is 0 Å². The summed E-state index contributed by atoms with van der Waals surface area (Å²) in [5.41, 5.74) is 2.11. The summed E-state index contributed by atoms with van der Waals surface area (Å²) in [5.74, 6) is -2.04. The molecule has 0 atom stereocenters. The predicted molar refractivity (Wildman–Crippen MR) is 132 cm³/mol. The highest BCUT2D eigenvalue weighted by Gasteiger charge is 2.40. The van der Waals surface area contributed by atoms with E-state index in [1.165, 1.54) is 6.07 Å². The van der Waals surface area contributed by atoms with Gasteiger partial charge in [-0.15, -0.1) is 0 Å². The molecule has 35 heavy (non-hydrogen) atoms. The van der Waals surface area contributed by atoms with E-state index in [0.717, 1.165) is 28.8 Å². The van der Waals surface area contributed by atoms with Crippen molar-refractivity contribution >= 4 is 12.6 Å². The lowest BCUT2D eigenvalue weighted by Gasteiger charge is -2.36. The van der Waals surface area contributed by atoms with E-state index in [2.05, 4.69) is 0 Å². The number of halogens is 2. The summed E-state index contributed by atoms with van der Waals surface area (Å²) in [5, 5.41) is 25.2. The molecule has 0 unspecified atom stereocenters. The zero-order valence-electron chi connectivity index (χ0n) is 18.6. The van der Waals surface area contributed by atoms with E-state index >= 15 is 0 Å². The van der Waals surface area contributed by atoms with E-state index in [1.807, 2.05) is 91.0 Å². The van der Waals surface area contributed by atoms with Crippen LogP contribution >= 0.6 is 0 Å². The molecule has 172 valence electrons. The summed E-state index contributed by atoms with van der Waals surface area (Å²) in [6, 6.07) is 32.6. The quantitative estimate of drug-likeness (QED) is 0.289. The zero-order chi connectivity index (χ0) is 24.4. The van der Waals surface area contributed by atoms with Crippen molar-refractivity contribution < 1.29 is 18.8 Å². The van der Waals surface area contributed by atoms with Gasteiger partial charge in [0.2, 0.25) is 0 Å². The van der Waals surface area contributed by atoms with Crippen molar-refractivity contribution in [2.75, 3.05) is 0 Å². The summed E-state index contributed by atoms with van der Waals surface area (Å²) in [7, 11) is -1.88. The third kappa shape index (κ3) is 3.95. The average Bonchev–Trinajstić information content (AvgIpc) is 3.34. The molecule has 0 aliphatic heterocycles. The average molecular weight is 466 g/mol. The van der Waals surface area contributed by atoms with E-state index in [1.54, 1.807) is 10.9 Å². The summed E-state index contributed by atoms with van der Waals surface area (Å²) in [4.78, 5) is 0. The molecule has 4 nitrogen and oxygen atoms in total. The zero-order valence-corrected chi connectivity index (χ0v) is 18.6. The Morgan fingerprint density at radius 3 is 1.57 bits per heavy atom. The van der Waals surface area contributed by atoms with Crippen molar-refractivity contribution in [2.24, 2.45) is 0 Å². The Morgan fingerprint density at radius 1 is 0.657 bits per heavy atom. The van der Waals surface area contributed by atoms with Gasteiger partial charge < -0.3 is 10.0 Å². The Balaban J connectivity index is 1.87. The van der Waals surface area contributed by atoms with Crippen LogP contribution < -0.4 is 5.46 Å². The molecule has 5 rings (SSSR count). The topological polar surface area (TPSA) is 58.3 Å². The first-order chi connectivity index (χ1) is 17.0. The minimum atomic E-state index is -1.88. The second-order valence-electron chi connectivity index (χ2n) is 8.19. The van der Waals surface area contributed by atoms with Gasteiger partial charge in [-0.2, -0.15) is 5.10 Å². The molecule has 0 saturated heterocycles. The van der Waals surface area contributed by atoms with Gasteiger partial charge in [0.05, 0.1) is 5.69 Å². The molecule has 0 amide bonds. The van der Waals surface area contributed by atoms with Crippen molar-refractivity contribution in [3.05, 3.63) is 144 Å². The number of aromatic nitrogens is 2. The van der Waals surface area contributed by atoms with Gasteiger partial charge in [0.1, 0.15) is 5.54 Å². The highest BCUT2D eigenvalue weighted by molar-refractivity contribution is 6.60. The fraction of sp³-hybridized carbons (Fsp3) is 0.0357.